The van der Waals surface area contributed by atoms with E-state index in [1.807, 2.05) is 0 Å². The highest BCUT2D eigenvalue weighted by Crippen LogP contribution is 2.20. The van der Waals surface area contributed by atoms with Crippen LogP contribution in [0, 0.1) is 0 Å². The second kappa shape index (κ2) is 10.1. The van der Waals surface area contributed by atoms with E-state index < -0.39 is 5.60 Å². The van der Waals surface area contributed by atoms with Gasteiger partial charge in [0.2, 0.25) is 0 Å². The number of aliphatic hydroxyl groups excluding tert-OH is 1. The van der Waals surface area contributed by atoms with E-state index in [2.05, 4.69) is 13.8 Å². The van der Waals surface area contributed by atoms with Gasteiger partial charge < -0.3 is 9.84 Å². The molecule has 0 bridgehead atoms. The zero-order valence-electron chi connectivity index (χ0n) is 10.8. The van der Waals surface area contributed by atoms with E-state index in [0.717, 1.165) is 38.5 Å². The third-order valence-electron chi connectivity index (χ3n) is 2.94. The Morgan fingerprint density at radius 2 is 1.69 bits per heavy atom. The van der Waals surface area contributed by atoms with Crippen LogP contribution in [-0.4, -0.2) is 30.5 Å². The predicted octanol–water partition coefficient (Wildman–Crippen LogP) is 2.94. The molecule has 0 rings (SSSR count). The van der Waals surface area contributed by atoms with Crippen LogP contribution in [0.2, 0.25) is 0 Å². The number of hydrogen-bond acceptors (Lipinski definition) is 2. The average molecular weight is 231 g/mol. The molecule has 16 heavy (non-hydrogen) atoms. The van der Waals surface area contributed by atoms with Crippen molar-refractivity contribution in [1.82, 2.24) is 0 Å². The summed E-state index contributed by atoms with van der Waals surface area (Å²) in [6.07, 6.45) is 7.11. The van der Waals surface area contributed by atoms with Gasteiger partial charge in [0.15, 0.2) is 0 Å². The lowest BCUT2D eigenvalue weighted by atomic mass is 9.97. The lowest BCUT2D eigenvalue weighted by Gasteiger charge is -2.29. The summed E-state index contributed by atoms with van der Waals surface area (Å²) in [6, 6.07) is 0. The Labute approximate surface area is 99.8 Å². The molecular formula is C13H27O3. The van der Waals surface area contributed by atoms with Gasteiger partial charge in [-0.1, -0.05) is 46.0 Å². The fourth-order valence-corrected chi connectivity index (χ4v) is 1.69. The number of unbranched alkanes of at least 4 members (excludes halogenated alkanes) is 4. The fourth-order valence-electron chi connectivity index (χ4n) is 1.69. The van der Waals surface area contributed by atoms with Crippen LogP contribution in [-0.2, 0) is 9.84 Å². The zero-order chi connectivity index (χ0) is 12.3. The quantitative estimate of drug-likeness (QED) is 0.556. The normalized spacial score (nSPS) is 12.0. The van der Waals surface area contributed by atoms with Gasteiger partial charge in [0.25, 0.3) is 0 Å². The Hall–Kier alpha value is -0.120. The molecule has 0 aromatic carbocycles. The fraction of sp³-hybridized carbons (Fsp3) is 1.00. The highest BCUT2D eigenvalue weighted by atomic mass is 16.5. The molecule has 0 heterocycles. The third-order valence-corrected chi connectivity index (χ3v) is 2.94. The second-order valence-electron chi connectivity index (χ2n) is 4.50. The first-order valence-electron chi connectivity index (χ1n) is 6.57. The summed E-state index contributed by atoms with van der Waals surface area (Å²) >= 11 is 0. The molecule has 0 fully saturated rings. The lowest BCUT2D eigenvalue weighted by molar-refractivity contribution is -0.128. The van der Waals surface area contributed by atoms with E-state index in [1.165, 1.54) is 0 Å². The Kier molecular flexibility index (Phi) is 9.99. The molecule has 0 aliphatic carbocycles. The lowest BCUT2D eigenvalue weighted by Crippen LogP contribution is -2.40. The van der Waals surface area contributed by atoms with Gasteiger partial charge in [-0.2, -0.15) is 0 Å². The zero-order valence-corrected chi connectivity index (χ0v) is 10.8. The molecular weight excluding hydrogens is 204 g/mol. The molecule has 0 aliphatic rings. The molecule has 3 heteroatoms. The average Bonchev–Trinajstić information content (AvgIpc) is 2.33. The smallest absolute Gasteiger partial charge is 0.117 e. The summed E-state index contributed by atoms with van der Waals surface area (Å²) in [5.41, 5.74) is -0.817. The molecule has 1 atom stereocenters. The molecule has 1 unspecified atom stereocenters. The van der Waals surface area contributed by atoms with Crippen LogP contribution in [0.5, 0.6) is 0 Å². The van der Waals surface area contributed by atoms with Crippen molar-refractivity contribution in [2.24, 2.45) is 0 Å². The molecule has 0 saturated carbocycles. The first-order chi connectivity index (χ1) is 7.74. The summed E-state index contributed by atoms with van der Waals surface area (Å²) in [7, 11) is 0. The topological polar surface area (TPSA) is 49.4 Å². The Bertz CT molecular complexity index is 144. The molecule has 0 amide bonds. The minimum Gasteiger partial charge on any atom is -0.393 e. The van der Waals surface area contributed by atoms with Gasteiger partial charge in [-0.25, -0.2) is 5.11 Å². The van der Waals surface area contributed by atoms with Crippen LogP contribution in [0.4, 0.5) is 0 Å². The summed E-state index contributed by atoms with van der Waals surface area (Å²) < 4.78 is 5.61. The number of rotatable bonds is 11. The monoisotopic (exact) mass is 231 g/mol. The largest absolute Gasteiger partial charge is 0.393 e. The Morgan fingerprint density at radius 1 is 1.06 bits per heavy atom. The molecule has 1 N–H and O–H groups in total. The van der Waals surface area contributed by atoms with Crippen LogP contribution in [0.1, 0.15) is 58.8 Å². The van der Waals surface area contributed by atoms with E-state index in [-0.39, 0.29) is 13.2 Å². The van der Waals surface area contributed by atoms with Gasteiger partial charge >= 0.3 is 0 Å². The maximum absolute atomic E-state index is 11.2. The Morgan fingerprint density at radius 3 is 2.19 bits per heavy atom. The van der Waals surface area contributed by atoms with E-state index in [1.54, 1.807) is 0 Å². The summed E-state index contributed by atoms with van der Waals surface area (Å²) in [5.74, 6) is 0. The second-order valence-corrected chi connectivity index (χ2v) is 4.50. The van der Waals surface area contributed by atoms with Crippen molar-refractivity contribution in [3.05, 3.63) is 0 Å². The van der Waals surface area contributed by atoms with Crippen molar-refractivity contribution >= 4 is 0 Å². The van der Waals surface area contributed by atoms with Crippen molar-refractivity contribution in [3.8, 4) is 0 Å². The van der Waals surface area contributed by atoms with Crippen LogP contribution in [0.15, 0.2) is 0 Å². The Balaban J connectivity index is 3.90. The molecule has 1 radical (unpaired) electrons. The first kappa shape index (κ1) is 15.9. The third kappa shape index (κ3) is 6.46. The van der Waals surface area contributed by atoms with Gasteiger partial charge in [0.1, 0.15) is 12.2 Å². The van der Waals surface area contributed by atoms with Crippen molar-refractivity contribution < 1.29 is 14.9 Å². The molecule has 0 spiro atoms. The van der Waals surface area contributed by atoms with Crippen molar-refractivity contribution in [2.45, 2.75) is 64.4 Å². The number of hydrogen-bond donors (Lipinski definition) is 1. The first-order valence-corrected chi connectivity index (χ1v) is 6.57. The van der Waals surface area contributed by atoms with Gasteiger partial charge in [-0.05, 0) is 12.8 Å². The minimum atomic E-state index is -0.817. The minimum absolute atomic E-state index is 0.146. The maximum Gasteiger partial charge on any atom is 0.117 e. The van der Waals surface area contributed by atoms with Gasteiger partial charge in [0.05, 0.1) is 6.61 Å². The van der Waals surface area contributed by atoms with E-state index in [9.17, 15) is 10.2 Å². The molecule has 0 aromatic rings. The van der Waals surface area contributed by atoms with E-state index in [0.29, 0.717) is 13.0 Å². The standard InChI is InChI=1S/C13H27O3/c1-3-5-7-9-13(11-14,12-15)16-10-8-6-4-2/h14H,3-12H2,1-2H3. The molecule has 97 valence electrons. The molecule has 0 saturated heterocycles. The van der Waals surface area contributed by atoms with Crippen molar-refractivity contribution in [3.63, 3.8) is 0 Å². The summed E-state index contributed by atoms with van der Waals surface area (Å²) in [5, 5.41) is 20.5. The van der Waals surface area contributed by atoms with Crippen LogP contribution in [0.3, 0.4) is 0 Å². The van der Waals surface area contributed by atoms with Crippen molar-refractivity contribution in [2.75, 3.05) is 19.8 Å². The SMILES string of the molecule is CCCCCOC(C[O])(CO)CCCCC. The molecule has 0 aliphatic heterocycles. The van der Waals surface area contributed by atoms with Gasteiger partial charge in [-0.3, -0.25) is 0 Å². The summed E-state index contributed by atoms with van der Waals surface area (Å²) in [4.78, 5) is 0. The highest BCUT2D eigenvalue weighted by Gasteiger charge is 2.29. The van der Waals surface area contributed by atoms with Crippen LogP contribution < -0.4 is 0 Å². The van der Waals surface area contributed by atoms with Crippen LogP contribution in [0.25, 0.3) is 0 Å². The molecule has 3 nitrogen and oxygen atoms in total. The van der Waals surface area contributed by atoms with Gasteiger partial charge in [-0.15, -0.1) is 0 Å². The summed E-state index contributed by atoms with van der Waals surface area (Å²) in [6.45, 7) is 4.38. The van der Waals surface area contributed by atoms with Gasteiger partial charge in [0, 0.05) is 6.61 Å². The molecule has 0 aromatic heterocycles. The number of ether oxygens (including phenoxy) is 1. The maximum atomic E-state index is 11.2. The highest BCUT2D eigenvalue weighted by molar-refractivity contribution is 4.79. The van der Waals surface area contributed by atoms with E-state index >= 15 is 0 Å². The van der Waals surface area contributed by atoms with E-state index in [4.69, 9.17) is 4.74 Å². The predicted molar refractivity (Wildman–Crippen MR) is 65.0 cm³/mol. The number of aliphatic hydroxyl groups is 1. The van der Waals surface area contributed by atoms with Crippen LogP contribution >= 0.6 is 0 Å². The van der Waals surface area contributed by atoms with Crippen molar-refractivity contribution in [1.29, 1.82) is 0 Å².